The topological polar surface area (TPSA) is 57.0 Å². The van der Waals surface area contributed by atoms with E-state index in [0.717, 1.165) is 17.1 Å². The maximum Gasteiger partial charge on any atom is 0.347 e. The second-order valence-corrected chi connectivity index (χ2v) is 3.67. The van der Waals surface area contributed by atoms with E-state index in [0.29, 0.717) is 6.54 Å². The third-order valence-corrected chi connectivity index (χ3v) is 2.33. The molecule has 0 amide bonds. The molecule has 0 radical (unpaired) electrons. The van der Waals surface area contributed by atoms with Gasteiger partial charge in [-0.3, -0.25) is 9.55 Å². The Balaban J connectivity index is 2.33. The van der Waals surface area contributed by atoms with Crippen molar-refractivity contribution in [2.75, 3.05) is 7.11 Å². The summed E-state index contributed by atoms with van der Waals surface area (Å²) in [4.78, 5) is 19.5. The highest BCUT2D eigenvalue weighted by Gasteiger charge is 2.02. The van der Waals surface area contributed by atoms with Crippen LogP contribution in [0.5, 0.6) is 5.75 Å². The van der Waals surface area contributed by atoms with Crippen LogP contribution in [-0.2, 0) is 6.54 Å². The lowest BCUT2D eigenvalue weighted by Crippen LogP contribution is -2.22. The monoisotopic (exact) mass is 231 g/mol. The molecular weight excluding hydrogens is 218 g/mol. The summed E-state index contributed by atoms with van der Waals surface area (Å²) in [5.74, 6) is 0.740. The van der Waals surface area contributed by atoms with Gasteiger partial charge in [-0.1, -0.05) is 0 Å². The van der Waals surface area contributed by atoms with E-state index in [-0.39, 0.29) is 5.69 Å². The first-order valence-electron chi connectivity index (χ1n) is 5.22. The SMILES string of the molecule is COc1cc(C)nc(Cn2cccnc2=O)c1. The summed E-state index contributed by atoms with van der Waals surface area (Å²) in [6, 6.07) is 5.37. The number of ether oxygens (including phenoxy) is 1. The summed E-state index contributed by atoms with van der Waals surface area (Å²) in [5.41, 5.74) is 1.35. The van der Waals surface area contributed by atoms with Crippen molar-refractivity contribution in [3.05, 3.63) is 52.5 Å². The molecular formula is C12H13N3O2. The summed E-state index contributed by atoms with van der Waals surface area (Å²) in [6.07, 6.45) is 3.16. The molecule has 0 aliphatic carbocycles. The fourth-order valence-corrected chi connectivity index (χ4v) is 1.58. The second kappa shape index (κ2) is 4.78. The zero-order chi connectivity index (χ0) is 12.3. The van der Waals surface area contributed by atoms with Crippen molar-refractivity contribution in [3.63, 3.8) is 0 Å². The largest absolute Gasteiger partial charge is 0.497 e. The average molecular weight is 231 g/mol. The lowest BCUT2D eigenvalue weighted by Gasteiger charge is -2.07. The van der Waals surface area contributed by atoms with E-state index < -0.39 is 0 Å². The van der Waals surface area contributed by atoms with E-state index in [1.807, 2.05) is 19.1 Å². The quantitative estimate of drug-likeness (QED) is 0.790. The van der Waals surface area contributed by atoms with E-state index in [1.54, 1.807) is 19.4 Å². The van der Waals surface area contributed by atoms with Crippen molar-refractivity contribution < 1.29 is 4.74 Å². The number of hydrogen-bond donors (Lipinski definition) is 0. The highest BCUT2D eigenvalue weighted by molar-refractivity contribution is 5.26. The number of methoxy groups -OCH3 is 1. The minimum absolute atomic E-state index is 0.283. The van der Waals surface area contributed by atoms with E-state index in [4.69, 9.17) is 4.74 Å². The van der Waals surface area contributed by atoms with Crippen molar-refractivity contribution in [2.24, 2.45) is 0 Å². The lowest BCUT2D eigenvalue weighted by molar-refractivity contribution is 0.412. The van der Waals surface area contributed by atoms with Gasteiger partial charge in [-0.05, 0) is 13.0 Å². The van der Waals surface area contributed by atoms with Crippen LogP contribution in [0.3, 0.4) is 0 Å². The van der Waals surface area contributed by atoms with Gasteiger partial charge in [0.25, 0.3) is 0 Å². The molecule has 2 heterocycles. The molecule has 0 aliphatic heterocycles. The fourth-order valence-electron chi connectivity index (χ4n) is 1.58. The van der Waals surface area contributed by atoms with Crippen LogP contribution in [0, 0.1) is 6.92 Å². The predicted molar refractivity (Wildman–Crippen MR) is 63.1 cm³/mol. The molecule has 17 heavy (non-hydrogen) atoms. The van der Waals surface area contributed by atoms with Gasteiger partial charge in [0.2, 0.25) is 0 Å². The first-order valence-corrected chi connectivity index (χ1v) is 5.22. The molecule has 0 fully saturated rings. The molecule has 2 rings (SSSR count). The molecule has 2 aromatic heterocycles. The lowest BCUT2D eigenvalue weighted by atomic mass is 10.3. The summed E-state index contributed by atoms with van der Waals surface area (Å²) in [6.45, 7) is 2.28. The van der Waals surface area contributed by atoms with Gasteiger partial charge in [0, 0.05) is 30.2 Å². The van der Waals surface area contributed by atoms with Crippen molar-refractivity contribution in [1.29, 1.82) is 0 Å². The van der Waals surface area contributed by atoms with E-state index >= 15 is 0 Å². The van der Waals surface area contributed by atoms with E-state index in [2.05, 4.69) is 9.97 Å². The predicted octanol–water partition coefficient (Wildman–Crippen LogP) is 1.00. The molecule has 0 aromatic carbocycles. The molecule has 0 bridgehead atoms. The van der Waals surface area contributed by atoms with Crippen LogP contribution in [0.1, 0.15) is 11.4 Å². The Morgan fingerprint density at radius 1 is 1.41 bits per heavy atom. The third kappa shape index (κ3) is 2.69. The van der Waals surface area contributed by atoms with Gasteiger partial charge in [-0.2, -0.15) is 0 Å². The number of rotatable bonds is 3. The number of aryl methyl sites for hydroxylation is 1. The van der Waals surface area contributed by atoms with Crippen molar-refractivity contribution in [1.82, 2.24) is 14.5 Å². The molecule has 0 N–H and O–H groups in total. The zero-order valence-electron chi connectivity index (χ0n) is 9.75. The second-order valence-electron chi connectivity index (χ2n) is 3.67. The van der Waals surface area contributed by atoms with Crippen LogP contribution in [0.4, 0.5) is 0 Å². The highest BCUT2D eigenvalue weighted by atomic mass is 16.5. The van der Waals surface area contributed by atoms with E-state index in [1.165, 1.54) is 10.8 Å². The van der Waals surface area contributed by atoms with Gasteiger partial charge in [-0.25, -0.2) is 9.78 Å². The molecule has 5 nitrogen and oxygen atoms in total. The minimum Gasteiger partial charge on any atom is -0.497 e. The maximum absolute atomic E-state index is 11.5. The van der Waals surface area contributed by atoms with Gasteiger partial charge in [0.15, 0.2) is 0 Å². The summed E-state index contributed by atoms with van der Waals surface area (Å²) in [5, 5.41) is 0. The Morgan fingerprint density at radius 3 is 2.94 bits per heavy atom. The normalized spacial score (nSPS) is 10.2. The zero-order valence-corrected chi connectivity index (χ0v) is 9.75. The van der Waals surface area contributed by atoms with Gasteiger partial charge in [0.1, 0.15) is 5.75 Å². The Bertz CT molecular complexity index is 578. The summed E-state index contributed by atoms with van der Waals surface area (Å²) in [7, 11) is 1.61. The van der Waals surface area contributed by atoms with Crippen LogP contribution >= 0.6 is 0 Å². The Morgan fingerprint density at radius 2 is 2.24 bits per heavy atom. The first-order chi connectivity index (χ1) is 8.19. The molecule has 5 heteroatoms. The molecule has 0 unspecified atom stereocenters. The Labute approximate surface area is 98.7 Å². The molecule has 0 aliphatic rings. The smallest absolute Gasteiger partial charge is 0.347 e. The van der Waals surface area contributed by atoms with Crippen LogP contribution in [0.25, 0.3) is 0 Å². The van der Waals surface area contributed by atoms with Crippen molar-refractivity contribution in [3.8, 4) is 5.75 Å². The van der Waals surface area contributed by atoms with Gasteiger partial charge in [-0.15, -0.1) is 0 Å². The number of pyridine rings is 1. The molecule has 0 atom stereocenters. The van der Waals surface area contributed by atoms with Gasteiger partial charge >= 0.3 is 5.69 Å². The first kappa shape index (κ1) is 11.3. The van der Waals surface area contributed by atoms with Crippen LogP contribution in [-0.4, -0.2) is 21.6 Å². The van der Waals surface area contributed by atoms with Crippen LogP contribution in [0.15, 0.2) is 35.4 Å². The van der Waals surface area contributed by atoms with Crippen LogP contribution < -0.4 is 10.4 Å². The Kier molecular flexibility index (Phi) is 3.18. The molecule has 0 saturated heterocycles. The number of aromatic nitrogens is 3. The van der Waals surface area contributed by atoms with Gasteiger partial charge < -0.3 is 4.74 Å². The minimum atomic E-state index is -0.283. The van der Waals surface area contributed by atoms with E-state index in [9.17, 15) is 4.79 Å². The molecule has 88 valence electrons. The number of hydrogen-bond acceptors (Lipinski definition) is 4. The molecule has 0 spiro atoms. The maximum atomic E-state index is 11.5. The average Bonchev–Trinajstić information content (AvgIpc) is 2.31. The fraction of sp³-hybridized carbons (Fsp3) is 0.250. The summed E-state index contributed by atoms with van der Waals surface area (Å²) < 4.78 is 6.66. The summed E-state index contributed by atoms with van der Waals surface area (Å²) >= 11 is 0. The van der Waals surface area contributed by atoms with Crippen molar-refractivity contribution in [2.45, 2.75) is 13.5 Å². The van der Waals surface area contributed by atoms with Crippen molar-refractivity contribution >= 4 is 0 Å². The van der Waals surface area contributed by atoms with Crippen LogP contribution in [0.2, 0.25) is 0 Å². The third-order valence-electron chi connectivity index (χ3n) is 2.33. The van der Waals surface area contributed by atoms with Gasteiger partial charge in [0.05, 0.1) is 19.3 Å². The standard InChI is InChI=1S/C12H13N3O2/c1-9-6-11(17-2)7-10(14-9)8-15-5-3-4-13-12(15)16/h3-7H,8H2,1-2H3. The Hall–Kier alpha value is -2.17. The number of nitrogens with zero attached hydrogens (tertiary/aromatic N) is 3. The highest BCUT2D eigenvalue weighted by Crippen LogP contribution is 2.13. The molecule has 0 saturated carbocycles. The molecule has 2 aromatic rings.